The van der Waals surface area contributed by atoms with Crippen LogP contribution >= 0.6 is 11.6 Å². The van der Waals surface area contributed by atoms with E-state index in [-0.39, 0.29) is 18.0 Å². The predicted molar refractivity (Wildman–Crippen MR) is 92.6 cm³/mol. The molecular weight excluding hydrogens is 350 g/mol. The number of rotatable bonds is 6. The van der Waals surface area contributed by atoms with E-state index >= 15 is 0 Å². The highest BCUT2D eigenvalue weighted by Gasteiger charge is 2.27. The van der Waals surface area contributed by atoms with Gasteiger partial charge in [-0.25, -0.2) is 14.3 Å². The van der Waals surface area contributed by atoms with Crippen LogP contribution in [0.5, 0.6) is 0 Å². The Hall–Kier alpha value is -1.93. The van der Waals surface area contributed by atoms with E-state index in [0.717, 1.165) is 15.4 Å². The summed E-state index contributed by atoms with van der Waals surface area (Å²) >= 11 is 5.81. The van der Waals surface area contributed by atoms with Crippen LogP contribution in [0, 0.1) is 6.92 Å². The molecular formula is C16H18ClN3O3S. The Labute approximate surface area is 146 Å². The van der Waals surface area contributed by atoms with E-state index in [0.29, 0.717) is 5.02 Å². The molecule has 0 radical (unpaired) electrons. The summed E-state index contributed by atoms with van der Waals surface area (Å²) in [7, 11) is -3.88. The molecule has 0 bridgehead atoms. The standard InChI is InChI=1S/C16H18ClN3O3S/c1-12-4-2-3-5-13(12)10-20(11-16(21)19-18)24(22,23)15-8-6-14(17)7-9-15/h2-9H,10-11,18H2,1H3,(H,19,21). The summed E-state index contributed by atoms with van der Waals surface area (Å²) in [5, 5.41) is 0.430. The van der Waals surface area contributed by atoms with Gasteiger partial charge < -0.3 is 0 Å². The van der Waals surface area contributed by atoms with Crippen molar-refractivity contribution in [1.82, 2.24) is 9.73 Å². The third kappa shape index (κ3) is 4.33. The number of nitrogens with one attached hydrogen (secondary N) is 1. The Morgan fingerprint density at radius 3 is 2.38 bits per heavy atom. The molecule has 2 aromatic carbocycles. The normalized spacial score (nSPS) is 11.5. The van der Waals surface area contributed by atoms with Crippen LogP contribution in [0.1, 0.15) is 11.1 Å². The van der Waals surface area contributed by atoms with Crippen molar-refractivity contribution in [2.45, 2.75) is 18.4 Å². The van der Waals surface area contributed by atoms with E-state index in [1.807, 2.05) is 36.6 Å². The van der Waals surface area contributed by atoms with Crippen molar-refractivity contribution in [3.8, 4) is 0 Å². The highest BCUT2D eigenvalue weighted by molar-refractivity contribution is 7.89. The van der Waals surface area contributed by atoms with Gasteiger partial charge in [0.1, 0.15) is 0 Å². The van der Waals surface area contributed by atoms with Gasteiger partial charge in [0.15, 0.2) is 0 Å². The van der Waals surface area contributed by atoms with Crippen LogP contribution in [-0.4, -0.2) is 25.2 Å². The summed E-state index contributed by atoms with van der Waals surface area (Å²) < 4.78 is 26.8. The molecule has 2 aromatic rings. The fourth-order valence-electron chi connectivity index (χ4n) is 2.16. The minimum Gasteiger partial charge on any atom is -0.293 e. The number of hydrogen-bond donors (Lipinski definition) is 2. The summed E-state index contributed by atoms with van der Waals surface area (Å²) in [5.41, 5.74) is 3.70. The average Bonchev–Trinajstić information content (AvgIpc) is 2.56. The van der Waals surface area contributed by atoms with E-state index in [2.05, 4.69) is 0 Å². The number of carbonyl (C=O) groups excluding carboxylic acids is 1. The molecule has 0 atom stereocenters. The molecule has 8 heteroatoms. The minimum absolute atomic E-state index is 0.0605. The second-order valence-electron chi connectivity index (χ2n) is 5.22. The quantitative estimate of drug-likeness (QED) is 0.463. The zero-order valence-electron chi connectivity index (χ0n) is 13.1. The van der Waals surface area contributed by atoms with Crippen molar-refractivity contribution in [3.63, 3.8) is 0 Å². The second kappa shape index (κ2) is 7.76. The molecule has 0 fully saturated rings. The second-order valence-corrected chi connectivity index (χ2v) is 7.60. The maximum atomic E-state index is 12.9. The Bertz CT molecular complexity index is 823. The van der Waals surface area contributed by atoms with Crippen LogP contribution in [-0.2, 0) is 21.4 Å². The van der Waals surface area contributed by atoms with E-state index in [1.165, 1.54) is 24.3 Å². The van der Waals surface area contributed by atoms with Gasteiger partial charge in [0.2, 0.25) is 15.9 Å². The van der Waals surface area contributed by atoms with Gasteiger partial charge >= 0.3 is 0 Å². The number of benzene rings is 2. The number of hydrazine groups is 1. The number of nitrogens with two attached hydrogens (primary N) is 1. The molecule has 0 saturated heterocycles. The van der Waals surface area contributed by atoms with Gasteiger partial charge in [-0.3, -0.25) is 10.2 Å². The first-order chi connectivity index (χ1) is 11.3. The lowest BCUT2D eigenvalue weighted by Crippen LogP contribution is -2.42. The SMILES string of the molecule is Cc1ccccc1CN(CC(=O)NN)S(=O)(=O)c1ccc(Cl)cc1. The topological polar surface area (TPSA) is 92.5 Å². The summed E-state index contributed by atoms with van der Waals surface area (Å²) in [4.78, 5) is 11.7. The number of nitrogens with zero attached hydrogens (tertiary/aromatic N) is 1. The van der Waals surface area contributed by atoms with E-state index in [9.17, 15) is 13.2 Å². The van der Waals surface area contributed by atoms with Gasteiger partial charge in [0.05, 0.1) is 11.4 Å². The molecule has 3 N–H and O–H groups in total. The molecule has 128 valence electrons. The number of hydrogen-bond acceptors (Lipinski definition) is 4. The summed E-state index contributed by atoms with van der Waals surface area (Å²) in [6.45, 7) is 1.56. The summed E-state index contributed by atoms with van der Waals surface area (Å²) in [6.07, 6.45) is 0. The lowest BCUT2D eigenvalue weighted by molar-refractivity contribution is -0.121. The number of aryl methyl sites for hydroxylation is 1. The van der Waals surface area contributed by atoms with Crippen LogP contribution in [0.2, 0.25) is 5.02 Å². The lowest BCUT2D eigenvalue weighted by Gasteiger charge is -2.22. The third-order valence-corrected chi connectivity index (χ3v) is 5.60. The average molecular weight is 368 g/mol. The van der Waals surface area contributed by atoms with Crippen LogP contribution in [0.15, 0.2) is 53.4 Å². The Kier molecular flexibility index (Phi) is 5.95. The van der Waals surface area contributed by atoms with Crippen molar-refractivity contribution < 1.29 is 13.2 Å². The minimum atomic E-state index is -3.88. The molecule has 0 saturated carbocycles. The first-order valence-electron chi connectivity index (χ1n) is 7.14. The first kappa shape index (κ1) is 18.4. The molecule has 0 heterocycles. The fraction of sp³-hybridized carbons (Fsp3) is 0.188. The zero-order chi connectivity index (χ0) is 17.7. The van der Waals surface area contributed by atoms with Crippen molar-refractivity contribution in [3.05, 3.63) is 64.7 Å². The van der Waals surface area contributed by atoms with Crippen LogP contribution in [0.4, 0.5) is 0 Å². The number of sulfonamides is 1. The lowest BCUT2D eigenvalue weighted by atomic mass is 10.1. The van der Waals surface area contributed by atoms with E-state index in [4.69, 9.17) is 17.4 Å². The molecule has 0 aromatic heterocycles. The van der Waals surface area contributed by atoms with Gasteiger partial charge in [-0.15, -0.1) is 0 Å². The molecule has 24 heavy (non-hydrogen) atoms. The molecule has 0 aliphatic carbocycles. The van der Waals surface area contributed by atoms with E-state index in [1.54, 1.807) is 0 Å². The zero-order valence-corrected chi connectivity index (χ0v) is 14.6. The molecule has 0 spiro atoms. The van der Waals surface area contributed by atoms with Gasteiger partial charge in [-0.1, -0.05) is 35.9 Å². The van der Waals surface area contributed by atoms with Crippen molar-refractivity contribution in [1.29, 1.82) is 0 Å². The van der Waals surface area contributed by atoms with Gasteiger partial charge in [0, 0.05) is 11.6 Å². The predicted octanol–water partition coefficient (Wildman–Crippen LogP) is 1.83. The Morgan fingerprint density at radius 2 is 1.79 bits per heavy atom. The number of amides is 1. The molecule has 0 aliphatic rings. The maximum Gasteiger partial charge on any atom is 0.249 e. The van der Waals surface area contributed by atoms with Crippen molar-refractivity contribution in [2.75, 3.05) is 6.54 Å². The number of halogens is 1. The molecule has 0 aliphatic heterocycles. The highest BCUT2D eigenvalue weighted by atomic mass is 35.5. The Balaban J connectivity index is 2.39. The smallest absolute Gasteiger partial charge is 0.249 e. The van der Waals surface area contributed by atoms with E-state index < -0.39 is 15.9 Å². The third-order valence-electron chi connectivity index (χ3n) is 3.54. The summed E-state index contributed by atoms with van der Waals surface area (Å²) in [5.74, 6) is 4.51. The van der Waals surface area contributed by atoms with Gasteiger partial charge in [-0.05, 0) is 42.3 Å². The van der Waals surface area contributed by atoms with Crippen LogP contribution < -0.4 is 11.3 Å². The number of carbonyl (C=O) groups is 1. The monoisotopic (exact) mass is 367 g/mol. The Morgan fingerprint density at radius 1 is 1.17 bits per heavy atom. The van der Waals surface area contributed by atoms with Crippen molar-refractivity contribution >= 4 is 27.5 Å². The van der Waals surface area contributed by atoms with Gasteiger partial charge in [0.25, 0.3) is 0 Å². The van der Waals surface area contributed by atoms with Crippen LogP contribution in [0.25, 0.3) is 0 Å². The van der Waals surface area contributed by atoms with Gasteiger partial charge in [-0.2, -0.15) is 4.31 Å². The van der Waals surface area contributed by atoms with Crippen LogP contribution in [0.3, 0.4) is 0 Å². The highest BCUT2D eigenvalue weighted by Crippen LogP contribution is 2.21. The molecule has 2 rings (SSSR count). The largest absolute Gasteiger partial charge is 0.293 e. The fourth-order valence-corrected chi connectivity index (χ4v) is 3.67. The molecule has 0 unspecified atom stereocenters. The molecule has 6 nitrogen and oxygen atoms in total. The summed E-state index contributed by atoms with van der Waals surface area (Å²) in [6, 6.07) is 13.2. The maximum absolute atomic E-state index is 12.9. The first-order valence-corrected chi connectivity index (χ1v) is 8.96. The van der Waals surface area contributed by atoms with Crippen molar-refractivity contribution in [2.24, 2.45) is 5.84 Å². The molecule has 1 amide bonds.